The van der Waals surface area contributed by atoms with Crippen molar-refractivity contribution in [2.75, 3.05) is 21.3 Å². The molecule has 0 aromatic heterocycles. The van der Waals surface area contributed by atoms with Crippen molar-refractivity contribution < 1.29 is 9.47 Å². The second kappa shape index (κ2) is 7.03. The molecule has 0 aliphatic carbocycles. The molecule has 0 saturated heterocycles. The summed E-state index contributed by atoms with van der Waals surface area (Å²) in [6.45, 7) is 0. The molecule has 0 amide bonds. The van der Waals surface area contributed by atoms with Crippen molar-refractivity contribution in [3.63, 3.8) is 0 Å². The van der Waals surface area contributed by atoms with Gasteiger partial charge in [-0.05, 0) is 31.3 Å². The highest BCUT2D eigenvalue weighted by Gasteiger charge is 2.22. The summed E-state index contributed by atoms with van der Waals surface area (Å²) in [4.78, 5) is 0. The predicted octanol–water partition coefficient (Wildman–Crippen LogP) is 4.32. The van der Waals surface area contributed by atoms with Crippen molar-refractivity contribution in [1.82, 2.24) is 5.32 Å². The highest BCUT2D eigenvalue weighted by molar-refractivity contribution is 6.36. The first-order valence-electron chi connectivity index (χ1n) is 6.45. The van der Waals surface area contributed by atoms with Crippen LogP contribution in [0.3, 0.4) is 0 Å². The van der Waals surface area contributed by atoms with Gasteiger partial charge < -0.3 is 14.8 Å². The molecule has 0 heterocycles. The largest absolute Gasteiger partial charge is 0.497 e. The van der Waals surface area contributed by atoms with Gasteiger partial charge in [0.1, 0.15) is 11.5 Å². The lowest BCUT2D eigenvalue weighted by Gasteiger charge is -2.22. The lowest BCUT2D eigenvalue weighted by Crippen LogP contribution is -2.19. The summed E-state index contributed by atoms with van der Waals surface area (Å²) in [5.74, 6) is 1.44. The molecule has 2 rings (SSSR count). The van der Waals surface area contributed by atoms with Gasteiger partial charge in [0, 0.05) is 27.2 Å². The normalized spacial score (nSPS) is 12.0. The number of hydrogen-bond acceptors (Lipinski definition) is 3. The van der Waals surface area contributed by atoms with Gasteiger partial charge in [-0.3, -0.25) is 0 Å². The zero-order valence-corrected chi connectivity index (χ0v) is 13.6. The SMILES string of the molecule is CNC(c1ccc(OC)cc1OC)c1c(Cl)cccc1Cl. The minimum Gasteiger partial charge on any atom is -0.497 e. The lowest BCUT2D eigenvalue weighted by molar-refractivity contribution is 0.388. The van der Waals surface area contributed by atoms with Crippen LogP contribution >= 0.6 is 23.2 Å². The van der Waals surface area contributed by atoms with Crippen LogP contribution in [0.1, 0.15) is 17.2 Å². The summed E-state index contributed by atoms with van der Waals surface area (Å²) in [5.41, 5.74) is 1.77. The number of methoxy groups -OCH3 is 2. The molecule has 2 aromatic rings. The summed E-state index contributed by atoms with van der Waals surface area (Å²) in [6.07, 6.45) is 0. The summed E-state index contributed by atoms with van der Waals surface area (Å²) < 4.78 is 10.7. The highest BCUT2D eigenvalue weighted by atomic mass is 35.5. The van der Waals surface area contributed by atoms with Crippen LogP contribution in [0.25, 0.3) is 0 Å². The van der Waals surface area contributed by atoms with Crippen LogP contribution in [-0.2, 0) is 0 Å². The molecule has 21 heavy (non-hydrogen) atoms. The predicted molar refractivity (Wildman–Crippen MR) is 86.9 cm³/mol. The Hall–Kier alpha value is -1.42. The molecule has 0 spiro atoms. The van der Waals surface area contributed by atoms with Crippen LogP contribution in [0.4, 0.5) is 0 Å². The molecule has 0 saturated carbocycles. The highest BCUT2D eigenvalue weighted by Crippen LogP contribution is 2.38. The van der Waals surface area contributed by atoms with E-state index >= 15 is 0 Å². The van der Waals surface area contributed by atoms with Gasteiger partial charge in [0.25, 0.3) is 0 Å². The van der Waals surface area contributed by atoms with E-state index in [1.165, 1.54) is 0 Å². The average Bonchev–Trinajstić information content (AvgIpc) is 2.50. The summed E-state index contributed by atoms with van der Waals surface area (Å²) in [6, 6.07) is 11.0. The first-order valence-corrected chi connectivity index (χ1v) is 7.21. The summed E-state index contributed by atoms with van der Waals surface area (Å²) >= 11 is 12.6. The van der Waals surface area contributed by atoms with Crippen LogP contribution < -0.4 is 14.8 Å². The molecule has 1 N–H and O–H groups in total. The van der Waals surface area contributed by atoms with Gasteiger partial charge in [-0.25, -0.2) is 0 Å². The standard InChI is InChI=1S/C16H17Cl2NO2/c1-19-16(15-12(17)5-4-6-13(15)18)11-8-7-10(20-2)9-14(11)21-3/h4-9,16,19H,1-3H3. The van der Waals surface area contributed by atoms with Gasteiger partial charge in [0.2, 0.25) is 0 Å². The Morgan fingerprint density at radius 1 is 1.00 bits per heavy atom. The molecule has 5 heteroatoms. The summed E-state index contributed by atoms with van der Waals surface area (Å²) in [7, 11) is 5.10. The first kappa shape index (κ1) is 16.0. The third-order valence-electron chi connectivity index (χ3n) is 3.33. The maximum Gasteiger partial charge on any atom is 0.127 e. The smallest absolute Gasteiger partial charge is 0.127 e. The van der Waals surface area contributed by atoms with E-state index in [1.54, 1.807) is 14.2 Å². The molecule has 0 radical (unpaired) electrons. The van der Waals surface area contributed by atoms with E-state index in [9.17, 15) is 0 Å². The third kappa shape index (κ3) is 3.26. The number of halogens is 2. The minimum atomic E-state index is -0.174. The quantitative estimate of drug-likeness (QED) is 0.888. The van der Waals surface area contributed by atoms with Crippen LogP contribution in [0.15, 0.2) is 36.4 Å². The van der Waals surface area contributed by atoms with E-state index in [0.29, 0.717) is 15.8 Å². The second-order valence-electron chi connectivity index (χ2n) is 4.46. The van der Waals surface area contributed by atoms with Gasteiger partial charge in [0.15, 0.2) is 0 Å². The van der Waals surface area contributed by atoms with Crippen molar-refractivity contribution in [3.8, 4) is 11.5 Å². The van der Waals surface area contributed by atoms with Crippen LogP contribution in [0.5, 0.6) is 11.5 Å². The summed E-state index contributed by atoms with van der Waals surface area (Å²) in [5, 5.41) is 4.46. The van der Waals surface area contributed by atoms with Gasteiger partial charge in [-0.2, -0.15) is 0 Å². The molecule has 0 bridgehead atoms. The van der Waals surface area contributed by atoms with Gasteiger partial charge >= 0.3 is 0 Å². The van der Waals surface area contributed by atoms with Gasteiger partial charge in [-0.15, -0.1) is 0 Å². The molecular weight excluding hydrogens is 309 g/mol. The maximum atomic E-state index is 6.32. The number of benzene rings is 2. The lowest BCUT2D eigenvalue weighted by atomic mass is 9.97. The molecular formula is C16H17Cl2NO2. The van der Waals surface area contributed by atoms with E-state index in [-0.39, 0.29) is 6.04 Å². The molecule has 0 aliphatic heterocycles. The first-order chi connectivity index (χ1) is 10.1. The van der Waals surface area contributed by atoms with E-state index in [1.807, 2.05) is 43.4 Å². The Kier molecular flexibility index (Phi) is 5.34. The number of nitrogens with one attached hydrogen (secondary N) is 1. The fourth-order valence-corrected chi connectivity index (χ4v) is 2.91. The molecule has 0 fully saturated rings. The van der Waals surface area contributed by atoms with Crippen LogP contribution in [-0.4, -0.2) is 21.3 Å². The van der Waals surface area contributed by atoms with Crippen LogP contribution in [0, 0.1) is 0 Å². The number of rotatable bonds is 5. The molecule has 3 nitrogen and oxygen atoms in total. The van der Waals surface area contributed by atoms with E-state index in [0.717, 1.165) is 16.9 Å². The Labute approximate surface area is 134 Å². The van der Waals surface area contributed by atoms with Gasteiger partial charge in [-0.1, -0.05) is 29.3 Å². The topological polar surface area (TPSA) is 30.5 Å². The minimum absolute atomic E-state index is 0.174. The Morgan fingerprint density at radius 3 is 2.19 bits per heavy atom. The van der Waals surface area contributed by atoms with E-state index < -0.39 is 0 Å². The Balaban J connectivity index is 2.56. The molecule has 2 aromatic carbocycles. The van der Waals surface area contributed by atoms with E-state index in [4.69, 9.17) is 32.7 Å². The zero-order chi connectivity index (χ0) is 15.4. The third-order valence-corrected chi connectivity index (χ3v) is 3.99. The monoisotopic (exact) mass is 325 g/mol. The fraction of sp³-hybridized carbons (Fsp3) is 0.250. The van der Waals surface area contributed by atoms with Crippen molar-refractivity contribution in [2.45, 2.75) is 6.04 Å². The molecule has 1 atom stereocenters. The number of hydrogen-bond donors (Lipinski definition) is 1. The molecule has 0 aliphatic rings. The molecule has 112 valence electrons. The van der Waals surface area contributed by atoms with Crippen LogP contribution in [0.2, 0.25) is 10.0 Å². The second-order valence-corrected chi connectivity index (χ2v) is 5.28. The van der Waals surface area contributed by atoms with Crippen molar-refractivity contribution in [2.24, 2.45) is 0 Å². The van der Waals surface area contributed by atoms with Crippen molar-refractivity contribution in [3.05, 3.63) is 57.6 Å². The van der Waals surface area contributed by atoms with Crippen molar-refractivity contribution in [1.29, 1.82) is 0 Å². The zero-order valence-electron chi connectivity index (χ0n) is 12.1. The maximum absolute atomic E-state index is 6.32. The average molecular weight is 326 g/mol. The Morgan fingerprint density at radius 2 is 1.67 bits per heavy atom. The Bertz CT molecular complexity index is 611. The van der Waals surface area contributed by atoms with Gasteiger partial charge in [0.05, 0.1) is 20.3 Å². The molecule has 1 unspecified atom stereocenters. The number of ether oxygens (including phenoxy) is 2. The van der Waals surface area contributed by atoms with Crippen molar-refractivity contribution >= 4 is 23.2 Å². The fourth-order valence-electron chi connectivity index (χ4n) is 2.30. The van der Waals surface area contributed by atoms with E-state index in [2.05, 4.69) is 5.32 Å².